The zero-order valence-corrected chi connectivity index (χ0v) is 15.5. The summed E-state index contributed by atoms with van der Waals surface area (Å²) in [5, 5.41) is 45.4. The van der Waals surface area contributed by atoms with Gasteiger partial charge in [0.2, 0.25) is 0 Å². The Kier molecular flexibility index (Phi) is 6.97. The van der Waals surface area contributed by atoms with Crippen molar-refractivity contribution in [2.24, 2.45) is 0 Å². The summed E-state index contributed by atoms with van der Waals surface area (Å²) >= 11 is 0. The van der Waals surface area contributed by atoms with Gasteiger partial charge < -0.3 is 34.8 Å². The molecule has 2 aromatic rings. The highest BCUT2D eigenvalue weighted by atomic mass is 16.4. The second-order valence-electron chi connectivity index (χ2n) is 6.45. The van der Waals surface area contributed by atoms with Crippen LogP contribution in [0.4, 0.5) is 0 Å². The third-order valence-corrected chi connectivity index (χ3v) is 4.68. The molecular weight excluding hydrogens is 386 g/mol. The molecule has 10 heteroatoms. The van der Waals surface area contributed by atoms with Crippen molar-refractivity contribution in [3.05, 3.63) is 46.3 Å². The molecule has 10 nitrogen and oxygen atoms in total. The second kappa shape index (κ2) is 9.22. The number of carbonyl (C=O) groups is 2. The third-order valence-electron chi connectivity index (χ3n) is 4.68. The number of aliphatic hydroxyl groups is 1. The lowest BCUT2D eigenvalue weighted by Crippen LogP contribution is -2.32. The molecule has 1 aliphatic heterocycles. The first-order valence-corrected chi connectivity index (χ1v) is 8.58. The number of likely N-dealkylation sites (N-methyl/N-ethyl adjacent to an activating group) is 1. The van der Waals surface area contributed by atoms with Gasteiger partial charge in [-0.2, -0.15) is 0 Å². The maximum atomic E-state index is 11.9. The van der Waals surface area contributed by atoms with Crippen LogP contribution in [0.25, 0.3) is 11.0 Å². The van der Waals surface area contributed by atoms with E-state index in [9.17, 15) is 29.7 Å². The summed E-state index contributed by atoms with van der Waals surface area (Å²) in [6, 6.07) is 2.24. The minimum absolute atomic E-state index is 0.0555. The fourth-order valence-electron chi connectivity index (χ4n) is 3.37. The Hall–Kier alpha value is -3.37. The fourth-order valence-corrected chi connectivity index (χ4v) is 3.37. The standard InChI is InChI=1S/C15H17NO5.C4H4O4/c1-16-4-2-8(9(16)7-17)13-11(19)6-12(20)14-10(18)3-5-21-15(13)14;5-3(6)1-2-4(7)8/h3,5-6,8-9,17,19-20H,2,4,7H2,1H3;1-2H,(H,5,6)(H,7,8)/b;2-1-. The number of aliphatic hydroxyl groups excluding tert-OH is 1. The number of hydrogen-bond donors (Lipinski definition) is 5. The molecule has 0 spiro atoms. The lowest BCUT2D eigenvalue weighted by atomic mass is 9.89. The Balaban J connectivity index is 0.000000321. The number of phenols is 2. The summed E-state index contributed by atoms with van der Waals surface area (Å²) in [4.78, 5) is 33.0. The van der Waals surface area contributed by atoms with E-state index in [0.717, 1.165) is 13.0 Å². The van der Waals surface area contributed by atoms with Crippen molar-refractivity contribution < 1.29 is 39.5 Å². The molecule has 2 unspecified atom stereocenters. The van der Waals surface area contributed by atoms with E-state index in [1.165, 1.54) is 18.4 Å². The van der Waals surface area contributed by atoms with Gasteiger partial charge in [0.05, 0.1) is 12.9 Å². The SMILES string of the molecule is CN1CCC(c2c(O)cc(O)c3c(=O)ccoc23)C1CO.O=C(O)/C=C\C(=O)O. The summed E-state index contributed by atoms with van der Waals surface area (Å²) in [6.45, 7) is 0.717. The predicted octanol–water partition coefficient (Wildman–Crippen LogP) is 0.696. The molecule has 1 saturated heterocycles. The van der Waals surface area contributed by atoms with Crippen LogP contribution in [0.1, 0.15) is 17.9 Å². The van der Waals surface area contributed by atoms with Gasteiger partial charge in [-0.05, 0) is 20.0 Å². The minimum Gasteiger partial charge on any atom is -0.507 e. The van der Waals surface area contributed by atoms with Gasteiger partial charge in [-0.25, -0.2) is 9.59 Å². The Bertz CT molecular complexity index is 979. The number of fused-ring (bicyclic) bond motifs is 1. The van der Waals surface area contributed by atoms with E-state index >= 15 is 0 Å². The number of likely N-dealkylation sites (tertiary alicyclic amines) is 1. The molecule has 1 aliphatic rings. The first kappa shape index (κ1) is 21.9. The molecule has 2 atom stereocenters. The van der Waals surface area contributed by atoms with Gasteiger partial charge in [0.15, 0.2) is 5.43 Å². The molecule has 1 fully saturated rings. The van der Waals surface area contributed by atoms with Crippen molar-refractivity contribution in [2.45, 2.75) is 18.4 Å². The van der Waals surface area contributed by atoms with E-state index in [4.69, 9.17) is 14.6 Å². The summed E-state index contributed by atoms with van der Waals surface area (Å²) in [5.74, 6) is -3.09. The van der Waals surface area contributed by atoms with E-state index in [-0.39, 0.29) is 46.5 Å². The highest BCUT2D eigenvalue weighted by Gasteiger charge is 2.36. The molecule has 156 valence electrons. The smallest absolute Gasteiger partial charge is 0.328 e. The van der Waals surface area contributed by atoms with E-state index in [0.29, 0.717) is 17.7 Å². The van der Waals surface area contributed by atoms with Gasteiger partial charge in [0, 0.05) is 41.8 Å². The fraction of sp³-hybridized carbons (Fsp3) is 0.316. The lowest BCUT2D eigenvalue weighted by Gasteiger charge is -2.24. The number of nitrogens with zero attached hydrogens (tertiary/aromatic N) is 1. The Labute approximate surface area is 164 Å². The van der Waals surface area contributed by atoms with Crippen molar-refractivity contribution in [3.8, 4) is 11.5 Å². The van der Waals surface area contributed by atoms with E-state index in [1.54, 1.807) is 0 Å². The van der Waals surface area contributed by atoms with Crippen LogP contribution in [0.2, 0.25) is 0 Å². The van der Waals surface area contributed by atoms with Crippen molar-refractivity contribution in [3.63, 3.8) is 0 Å². The summed E-state index contributed by atoms with van der Waals surface area (Å²) in [7, 11) is 1.90. The van der Waals surface area contributed by atoms with Crippen LogP contribution in [0, 0.1) is 0 Å². The van der Waals surface area contributed by atoms with Gasteiger partial charge in [0.25, 0.3) is 0 Å². The molecular formula is C19H21NO9. The van der Waals surface area contributed by atoms with Crippen molar-refractivity contribution in [1.29, 1.82) is 0 Å². The number of aromatic hydroxyl groups is 2. The summed E-state index contributed by atoms with van der Waals surface area (Å²) in [5.41, 5.74) is 0.310. The first-order valence-electron chi connectivity index (χ1n) is 8.58. The number of aliphatic carboxylic acids is 2. The van der Waals surface area contributed by atoms with Crippen LogP contribution in [0.5, 0.6) is 11.5 Å². The highest BCUT2D eigenvalue weighted by Crippen LogP contribution is 2.43. The highest BCUT2D eigenvalue weighted by molar-refractivity contribution is 5.89. The van der Waals surface area contributed by atoms with Gasteiger partial charge in [0.1, 0.15) is 22.5 Å². The zero-order chi connectivity index (χ0) is 21.7. The van der Waals surface area contributed by atoms with Gasteiger partial charge in [-0.3, -0.25) is 4.79 Å². The molecule has 0 saturated carbocycles. The molecule has 0 radical (unpaired) electrons. The van der Waals surface area contributed by atoms with E-state index < -0.39 is 11.9 Å². The van der Waals surface area contributed by atoms with Crippen LogP contribution in [0.15, 0.2) is 39.8 Å². The zero-order valence-electron chi connectivity index (χ0n) is 15.5. The maximum Gasteiger partial charge on any atom is 0.328 e. The molecule has 1 aromatic carbocycles. The lowest BCUT2D eigenvalue weighted by molar-refractivity contribution is -0.134. The number of phenolic OH excluding ortho intramolecular Hbond substituents is 2. The molecule has 0 amide bonds. The number of hydrogen-bond acceptors (Lipinski definition) is 8. The Morgan fingerprint density at radius 3 is 2.38 bits per heavy atom. The average molecular weight is 407 g/mol. The predicted molar refractivity (Wildman–Crippen MR) is 101 cm³/mol. The third kappa shape index (κ3) is 4.92. The Morgan fingerprint density at radius 1 is 1.21 bits per heavy atom. The van der Waals surface area contributed by atoms with Gasteiger partial charge in [-0.15, -0.1) is 0 Å². The number of benzene rings is 1. The first-order chi connectivity index (χ1) is 13.7. The Morgan fingerprint density at radius 2 is 1.83 bits per heavy atom. The minimum atomic E-state index is -1.26. The van der Waals surface area contributed by atoms with Gasteiger partial charge in [-0.1, -0.05) is 0 Å². The van der Waals surface area contributed by atoms with E-state index in [1.807, 2.05) is 11.9 Å². The van der Waals surface area contributed by atoms with Crippen molar-refractivity contribution in [2.75, 3.05) is 20.2 Å². The molecule has 0 bridgehead atoms. The largest absolute Gasteiger partial charge is 0.507 e. The topological polar surface area (TPSA) is 169 Å². The summed E-state index contributed by atoms with van der Waals surface area (Å²) in [6.07, 6.45) is 3.10. The maximum absolute atomic E-state index is 11.9. The number of carboxylic acid groups (broad SMARTS) is 2. The number of rotatable bonds is 4. The molecule has 5 N–H and O–H groups in total. The van der Waals surface area contributed by atoms with Crippen LogP contribution < -0.4 is 5.43 Å². The molecule has 2 heterocycles. The monoisotopic (exact) mass is 407 g/mol. The van der Waals surface area contributed by atoms with Gasteiger partial charge >= 0.3 is 11.9 Å². The molecule has 0 aliphatic carbocycles. The van der Waals surface area contributed by atoms with Crippen molar-refractivity contribution in [1.82, 2.24) is 4.90 Å². The van der Waals surface area contributed by atoms with Crippen LogP contribution in [-0.4, -0.2) is 68.6 Å². The molecule has 29 heavy (non-hydrogen) atoms. The molecule has 3 rings (SSSR count). The molecule has 1 aromatic heterocycles. The van der Waals surface area contributed by atoms with Crippen LogP contribution in [0.3, 0.4) is 0 Å². The summed E-state index contributed by atoms with van der Waals surface area (Å²) < 4.78 is 5.41. The second-order valence-corrected chi connectivity index (χ2v) is 6.45. The number of carboxylic acids is 2. The average Bonchev–Trinajstić information content (AvgIpc) is 3.00. The van der Waals surface area contributed by atoms with E-state index in [2.05, 4.69) is 0 Å². The van der Waals surface area contributed by atoms with Crippen LogP contribution in [-0.2, 0) is 9.59 Å². The quantitative estimate of drug-likeness (QED) is 0.455. The van der Waals surface area contributed by atoms with Crippen LogP contribution >= 0.6 is 0 Å². The normalized spacial score (nSPS) is 19.2. The van der Waals surface area contributed by atoms with Crippen molar-refractivity contribution >= 4 is 22.9 Å².